The number of rotatable bonds is 7. The van der Waals surface area contributed by atoms with Gasteiger partial charge >= 0.3 is 0 Å². The lowest BCUT2D eigenvalue weighted by Gasteiger charge is -2.17. The van der Waals surface area contributed by atoms with E-state index in [4.69, 9.17) is 4.74 Å². The van der Waals surface area contributed by atoms with Gasteiger partial charge in [-0.05, 0) is 26.8 Å². The zero-order valence-corrected chi connectivity index (χ0v) is 16.3. The van der Waals surface area contributed by atoms with Gasteiger partial charge in [-0.2, -0.15) is 5.10 Å². The number of nitrogens with zero attached hydrogens (tertiary/aromatic N) is 3. The quantitative estimate of drug-likeness (QED) is 0.461. The Morgan fingerprint density at radius 2 is 2.08 bits per heavy atom. The van der Waals surface area contributed by atoms with Crippen molar-refractivity contribution in [3.8, 4) is 0 Å². The fourth-order valence-corrected chi connectivity index (χ4v) is 4.24. The Bertz CT molecular complexity index is 931. The maximum Gasteiger partial charge on any atom is 0.174 e. The van der Waals surface area contributed by atoms with Crippen LogP contribution in [0.5, 0.6) is 0 Å². The van der Waals surface area contributed by atoms with Crippen LogP contribution in [-0.2, 0) is 4.74 Å². The first-order valence-corrected chi connectivity index (χ1v) is 9.55. The summed E-state index contributed by atoms with van der Waals surface area (Å²) in [5, 5.41) is 11.1. The molecule has 0 fully saturated rings. The van der Waals surface area contributed by atoms with Crippen LogP contribution in [-0.4, -0.2) is 40.0 Å². The summed E-state index contributed by atoms with van der Waals surface area (Å²) >= 11 is 1.44. The third kappa shape index (κ3) is 3.66. The molecule has 2 heterocycles. The van der Waals surface area contributed by atoms with E-state index in [9.17, 15) is 4.79 Å². The Labute approximate surface area is 157 Å². The molecule has 5 nitrogen and oxygen atoms in total. The SMILES string of the molecule is COCC(C)n1c(C)cc(C(=O)CSc2nncc3ccccc23)c1C. The topological polar surface area (TPSA) is 57.0 Å². The number of Topliss-reactive ketones (excluding diaryl/α,β-unsaturated/α-hetero) is 1. The molecular weight excluding hydrogens is 346 g/mol. The van der Waals surface area contributed by atoms with E-state index in [0.29, 0.717) is 12.4 Å². The van der Waals surface area contributed by atoms with E-state index in [1.807, 2.05) is 44.2 Å². The Hall–Kier alpha value is -2.18. The molecule has 1 atom stereocenters. The minimum absolute atomic E-state index is 0.105. The van der Waals surface area contributed by atoms with Gasteiger partial charge in [-0.3, -0.25) is 4.79 Å². The minimum atomic E-state index is 0.105. The minimum Gasteiger partial charge on any atom is -0.383 e. The lowest BCUT2D eigenvalue weighted by atomic mass is 10.2. The Kier molecular flexibility index (Phi) is 5.74. The normalized spacial score (nSPS) is 12.5. The van der Waals surface area contributed by atoms with Crippen LogP contribution in [0.2, 0.25) is 0 Å². The van der Waals surface area contributed by atoms with E-state index < -0.39 is 0 Å². The molecule has 0 bridgehead atoms. The third-order valence-corrected chi connectivity index (χ3v) is 5.49. The van der Waals surface area contributed by atoms with E-state index in [2.05, 4.69) is 21.7 Å². The lowest BCUT2D eigenvalue weighted by molar-refractivity contribution is 0.102. The first kappa shape index (κ1) is 18.6. The van der Waals surface area contributed by atoms with Crippen molar-refractivity contribution in [1.29, 1.82) is 0 Å². The Morgan fingerprint density at radius 3 is 2.85 bits per heavy atom. The molecule has 0 amide bonds. The molecule has 0 aliphatic carbocycles. The van der Waals surface area contributed by atoms with Gasteiger partial charge in [-0.25, -0.2) is 0 Å². The van der Waals surface area contributed by atoms with Crippen LogP contribution in [0.15, 0.2) is 41.6 Å². The number of fused-ring (bicyclic) bond motifs is 1. The van der Waals surface area contributed by atoms with Crippen LogP contribution in [0.25, 0.3) is 10.8 Å². The van der Waals surface area contributed by atoms with Crippen molar-refractivity contribution >= 4 is 28.3 Å². The third-order valence-electron chi connectivity index (χ3n) is 4.51. The number of aryl methyl sites for hydroxylation is 1. The smallest absolute Gasteiger partial charge is 0.174 e. The van der Waals surface area contributed by atoms with E-state index >= 15 is 0 Å². The van der Waals surface area contributed by atoms with Gasteiger partial charge in [0.05, 0.1) is 24.6 Å². The molecule has 3 rings (SSSR count). The van der Waals surface area contributed by atoms with Crippen molar-refractivity contribution in [3.63, 3.8) is 0 Å². The van der Waals surface area contributed by atoms with Crippen molar-refractivity contribution < 1.29 is 9.53 Å². The summed E-state index contributed by atoms with van der Waals surface area (Å²) in [7, 11) is 1.69. The summed E-state index contributed by atoms with van der Waals surface area (Å²) in [4.78, 5) is 12.8. The van der Waals surface area contributed by atoms with Crippen LogP contribution in [0, 0.1) is 13.8 Å². The van der Waals surface area contributed by atoms with Gasteiger partial charge in [0.25, 0.3) is 0 Å². The average molecular weight is 369 g/mol. The number of thioether (sulfide) groups is 1. The summed E-state index contributed by atoms with van der Waals surface area (Å²) < 4.78 is 7.42. The van der Waals surface area contributed by atoms with Crippen molar-refractivity contribution in [2.24, 2.45) is 0 Å². The highest BCUT2D eigenvalue weighted by atomic mass is 32.2. The summed E-state index contributed by atoms with van der Waals surface area (Å²) in [6, 6.07) is 10.1. The van der Waals surface area contributed by atoms with Crippen molar-refractivity contribution in [1.82, 2.24) is 14.8 Å². The van der Waals surface area contributed by atoms with Crippen LogP contribution in [0.3, 0.4) is 0 Å². The number of carbonyl (C=O) groups excluding carboxylic acids is 1. The lowest BCUT2D eigenvalue weighted by Crippen LogP contribution is -2.14. The molecule has 2 aromatic heterocycles. The zero-order valence-electron chi connectivity index (χ0n) is 15.5. The Morgan fingerprint density at radius 1 is 1.31 bits per heavy atom. The monoisotopic (exact) mass is 369 g/mol. The molecular formula is C20H23N3O2S. The molecule has 26 heavy (non-hydrogen) atoms. The molecule has 136 valence electrons. The maximum absolute atomic E-state index is 12.8. The van der Waals surface area contributed by atoms with E-state index in [-0.39, 0.29) is 11.8 Å². The summed E-state index contributed by atoms with van der Waals surface area (Å²) in [6.45, 7) is 6.73. The van der Waals surface area contributed by atoms with Gasteiger partial charge in [0.1, 0.15) is 5.03 Å². The summed E-state index contributed by atoms with van der Waals surface area (Å²) in [6.07, 6.45) is 1.74. The average Bonchev–Trinajstić information content (AvgIpc) is 2.94. The number of benzene rings is 1. The highest BCUT2D eigenvalue weighted by Gasteiger charge is 2.19. The second-order valence-corrected chi connectivity index (χ2v) is 7.37. The maximum atomic E-state index is 12.8. The molecule has 0 saturated carbocycles. The number of ether oxygens (including phenoxy) is 1. The molecule has 0 N–H and O–H groups in total. The van der Waals surface area contributed by atoms with E-state index in [1.165, 1.54) is 11.8 Å². The molecule has 0 spiro atoms. The highest BCUT2D eigenvalue weighted by Crippen LogP contribution is 2.27. The first-order chi connectivity index (χ1) is 12.5. The molecule has 0 saturated heterocycles. The fourth-order valence-electron chi connectivity index (χ4n) is 3.37. The van der Waals surface area contributed by atoms with Gasteiger partial charge < -0.3 is 9.30 Å². The van der Waals surface area contributed by atoms with E-state index in [1.54, 1.807) is 13.3 Å². The van der Waals surface area contributed by atoms with Crippen molar-refractivity contribution in [2.75, 3.05) is 19.5 Å². The Balaban J connectivity index is 1.79. The highest BCUT2D eigenvalue weighted by molar-refractivity contribution is 8.00. The van der Waals surface area contributed by atoms with E-state index in [0.717, 1.165) is 32.7 Å². The second-order valence-electron chi connectivity index (χ2n) is 6.41. The zero-order chi connectivity index (χ0) is 18.7. The standard InChI is InChI=1S/C20H23N3O2S/c1-13-9-18(15(3)23(13)14(2)11-25-4)19(24)12-26-20-17-8-6-5-7-16(17)10-21-22-20/h5-10,14H,11-12H2,1-4H3. The molecule has 0 aliphatic heterocycles. The predicted molar refractivity (Wildman–Crippen MR) is 105 cm³/mol. The van der Waals surface area contributed by atoms with Gasteiger partial charge in [-0.1, -0.05) is 36.0 Å². The van der Waals surface area contributed by atoms with Crippen LogP contribution < -0.4 is 0 Å². The second kappa shape index (κ2) is 8.01. The van der Waals surface area contributed by atoms with Gasteiger partial charge in [0, 0.05) is 34.8 Å². The molecule has 1 unspecified atom stereocenters. The van der Waals surface area contributed by atoms with Crippen LogP contribution in [0.4, 0.5) is 0 Å². The number of hydrogen-bond acceptors (Lipinski definition) is 5. The molecule has 3 aromatic rings. The first-order valence-electron chi connectivity index (χ1n) is 8.56. The summed E-state index contributed by atoms with van der Waals surface area (Å²) in [5.74, 6) is 0.444. The number of methoxy groups -OCH3 is 1. The predicted octanol–water partition coefficient (Wildman–Crippen LogP) is 4.23. The molecule has 6 heteroatoms. The number of carbonyl (C=O) groups is 1. The van der Waals surface area contributed by atoms with Gasteiger partial charge in [-0.15, -0.1) is 5.10 Å². The summed E-state index contributed by atoms with van der Waals surface area (Å²) in [5.41, 5.74) is 2.83. The fraction of sp³-hybridized carbons (Fsp3) is 0.350. The number of aromatic nitrogens is 3. The van der Waals surface area contributed by atoms with Crippen molar-refractivity contribution in [3.05, 3.63) is 53.5 Å². The van der Waals surface area contributed by atoms with Crippen molar-refractivity contribution in [2.45, 2.75) is 31.8 Å². The van der Waals surface area contributed by atoms with Gasteiger partial charge in [0.15, 0.2) is 5.78 Å². The van der Waals surface area contributed by atoms with Crippen LogP contribution >= 0.6 is 11.8 Å². The van der Waals surface area contributed by atoms with Gasteiger partial charge in [0.2, 0.25) is 0 Å². The molecule has 0 radical (unpaired) electrons. The number of hydrogen-bond donors (Lipinski definition) is 0. The van der Waals surface area contributed by atoms with Crippen LogP contribution in [0.1, 0.15) is 34.7 Å². The number of ketones is 1. The molecule has 1 aromatic carbocycles. The largest absolute Gasteiger partial charge is 0.383 e. The molecule has 0 aliphatic rings.